The van der Waals surface area contributed by atoms with Crippen LogP contribution in [-0.4, -0.2) is 22.6 Å². The van der Waals surface area contributed by atoms with Crippen LogP contribution in [0.3, 0.4) is 0 Å². The summed E-state index contributed by atoms with van der Waals surface area (Å²) >= 11 is 0. The molecule has 1 aromatic heterocycles. The highest BCUT2D eigenvalue weighted by Gasteiger charge is 2.41. The van der Waals surface area contributed by atoms with Crippen molar-refractivity contribution in [1.82, 2.24) is 4.98 Å². The average molecular weight is 287 g/mol. The summed E-state index contributed by atoms with van der Waals surface area (Å²) in [6.45, 7) is 4.33. The van der Waals surface area contributed by atoms with Gasteiger partial charge in [0, 0.05) is 12.7 Å². The number of aromatic nitrogens is 1. The van der Waals surface area contributed by atoms with Crippen LogP contribution in [0, 0.1) is 29.6 Å². The summed E-state index contributed by atoms with van der Waals surface area (Å²) in [6, 6.07) is 3.90. The van der Waals surface area contributed by atoms with Gasteiger partial charge in [-0.2, -0.15) is 5.26 Å². The second kappa shape index (κ2) is 6.13. The summed E-state index contributed by atoms with van der Waals surface area (Å²) in [6.07, 6.45) is 4.84. The van der Waals surface area contributed by atoms with Crippen molar-refractivity contribution in [2.45, 2.75) is 39.5 Å². The van der Waals surface area contributed by atoms with Crippen molar-refractivity contribution >= 4 is 11.8 Å². The number of nitrogens with zero attached hydrogens (tertiary/aromatic N) is 2. The molecule has 1 aliphatic carbocycles. The molecule has 1 saturated carbocycles. The number of hydrogen-bond donors (Lipinski definition) is 2. The van der Waals surface area contributed by atoms with Gasteiger partial charge in [0.2, 0.25) is 0 Å². The van der Waals surface area contributed by atoms with E-state index in [4.69, 9.17) is 0 Å². The fraction of sp³-hybridized carbons (Fsp3) is 0.562. The van der Waals surface area contributed by atoms with Gasteiger partial charge in [0.1, 0.15) is 11.9 Å². The maximum Gasteiger partial charge on any atom is 0.311 e. The lowest BCUT2D eigenvalue weighted by molar-refractivity contribution is -0.150. The van der Waals surface area contributed by atoms with E-state index in [2.05, 4.69) is 23.3 Å². The molecule has 1 aliphatic rings. The number of nitrogens with one attached hydrogen (secondary N) is 1. The minimum atomic E-state index is -0.756. The minimum absolute atomic E-state index is 0.320. The summed E-state index contributed by atoms with van der Waals surface area (Å²) in [5.41, 5.74) is 0.587. The summed E-state index contributed by atoms with van der Waals surface area (Å²) in [5, 5.41) is 21.9. The Balaban J connectivity index is 2.15. The molecule has 2 rings (SSSR count). The highest BCUT2D eigenvalue weighted by Crippen LogP contribution is 2.39. The van der Waals surface area contributed by atoms with E-state index in [1.807, 2.05) is 6.92 Å². The van der Waals surface area contributed by atoms with Crippen LogP contribution in [0.5, 0.6) is 0 Å². The molecular formula is C16H21N3O2. The summed E-state index contributed by atoms with van der Waals surface area (Å²) < 4.78 is 0. The molecular weight excluding hydrogens is 266 g/mol. The van der Waals surface area contributed by atoms with Gasteiger partial charge in [-0.05, 0) is 50.2 Å². The van der Waals surface area contributed by atoms with Crippen molar-refractivity contribution < 1.29 is 9.90 Å². The van der Waals surface area contributed by atoms with Crippen LogP contribution >= 0.6 is 0 Å². The molecule has 2 N–H and O–H groups in total. The van der Waals surface area contributed by atoms with Gasteiger partial charge in [0.15, 0.2) is 0 Å². The standard InChI is InChI=1S/C16H21N3O2/c1-11-3-6-16(7-4-11,15(20)21)10-19-14-13(9-17)12(2)5-8-18-14/h5,8,11H,3-4,6-7,10H2,1-2H3,(H,18,19)(H,20,21). The Bertz CT molecular complexity index is 569. The van der Waals surface area contributed by atoms with E-state index >= 15 is 0 Å². The molecule has 0 amide bonds. The highest BCUT2D eigenvalue weighted by molar-refractivity contribution is 5.75. The number of carboxylic acids is 1. The van der Waals surface area contributed by atoms with Gasteiger partial charge in [-0.3, -0.25) is 4.79 Å². The number of carboxylic acid groups (broad SMARTS) is 1. The lowest BCUT2D eigenvalue weighted by Crippen LogP contribution is -2.41. The van der Waals surface area contributed by atoms with Crippen LogP contribution in [0.25, 0.3) is 0 Å². The zero-order chi connectivity index (χ0) is 15.5. The lowest BCUT2D eigenvalue weighted by atomic mass is 9.71. The van der Waals surface area contributed by atoms with Crippen molar-refractivity contribution in [2.24, 2.45) is 11.3 Å². The predicted octanol–water partition coefficient (Wildman–Crippen LogP) is 2.95. The first-order valence-corrected chi connectivity index (χ1v) is 7.31. The van der Waals surface area contributed by atoms with Gasteiger partial charge < -0.3 is 10.4 Å². The molecule has 0 atom stereocenters. The van der Waals surface area contributed by atoms with Gasteiger partial charge in [-0.15, -0.1) is 0 Å². The number of aliphatic carboxylic acids is 1. The zero-order valence-corrected chi connectivity index (χ0v) is 12.5. The van der Waals surface area contributed by atoms with Crippen molar-refractivity contribution in [3.63, 3.8) is 0 Å². The third-order valence-electron chi connectivity index (χ3n) is 4.55. The van der Waals surface area contributed by atoms with E-state index in [0.29, 0.717) is 36.7 Å². The molecule has 21 heavy (non-hydrogen) atoms. The van der Waals surface area contributed by atoms with Crippen LogP contribution in [0.15, 0.2) is 12.3 Å². The van der Waals surface area contributed by atoms with E-state index in [0.717, 1.165) is 18.4 Å². The van der Waals surface area contributed by atoms with Crippen LogP contribution < -0.4 is 5.32 Å². The molecule has 0 unspecified atom stereocenters. The Kier molecular flexibility index (Phi) is 4.46. The molecule has 5 heteroatoms. The van der Waals surface area contributed by atoms with E-state index in [1.165, 1.54) is 0 Å². The summed E-state index contributed by atoms with van der Waals surface area (Å²) in [7, 11) is 0. The molecule has 1 fully saturated rings. The van der Waals surface area contributed by atoms with E-state index in [-0.39, 0.29) is 0 Å². The predicted molar refractivity (Wildman–Crippen MR) is 79.9 cm³/mol. The van der Waals surface area contributed by atoms with Crippen LogP contribution in [-0.2, 0) is 4.79 Å². The highest BCUT2D eigenvalue weighted by atomic mass is 16.4. The van der Waals surface area contributed by atoms with Crippen molar-refractivity contribution in [1.29, 1.82) is 5.26 Å². The fourth-order valence-electron chi connectivity index (χ4n) is 2.87. The Morgan fingerprint density at radius 3 is 2.81 bits per heavy atom. The number of carbonyl (C=O) groups is 1. The number of rotatable bonds is 4. The second-order valence-electron chi connectivity index (χ2n) is 6.08. The first kappa shape index (κ1) is 15.3. The summed E-state index contributed by atoms with van der Waals surface area (Å²) in [5.74, 6) is 0.314. The SMILES string of the molecule is Cc1ccnc(NCC2(C(=O)O)CCC(C)CC2)c1C#N. The van der Waals surface area contributed by atoms with Crippen LogP contribution in [0.1, 0.15) is 43.7 Å². The normalized spacial score (nSPS) is 25.1. The quantitative estimate of drug-likeness (QED) is 0.889. The number of pyridine rings is 1. The second-order valence-corrected chi connectivity index (χ2v) is 6.08. The Morgan fingerprint density at radius 1 is 1.57 bits per heavy atom. The molecule has 0 bridgehead atoms. The topological polar surface area (TPSA) is 86.0 Å². The fourth-order valence-corrected chi connectivity index (χ4v) is 2.87. The van der Waals surface area contributed by atoms with Crippen molar-refractivity contribution in [3.8, 4) is 6.07 Å². The van der Waals surface area contributed by atoms with Gasteiger partial charge in [-0.1, -0.05) is 6.92 Å². The number of hydrogen-bond acceptors (Lipinski definition) is 4. The lowest BCUT2D eigenvalue weighted by Gasteiger charge is -2.36. The van der Waals surface area contributed by atoms with Crippen molar-refractivity contribution in [3.05, 3.63) is 23.4 Å². The first-order valence-electron chi connectivity index (χ1n) is 7.31. The number of anilines is 1. The maximum absolute atomic E-state index is 11.7. The molecule has 0 radical (unpaired) electrons. The number of nitriles is 1. The summed E-state index contributed by atoms with van der Waals surface area (Å²) in [4.78, 5) is 15.9. The van der Waals surface area contributed by atoms with Gasteiger partial charge >= 0.3 is 5.97 Å². The molecule has 5 nitrogen and oxygen atoms in total. The van der Waals surface area contributed by atoms with E-state index < -0.39 is 11.4 Å². The molecule has 112 valence electrons. The molecule has 0 spiro atoms. The maximum atomic E-state index is 11.7. The molecule has 1 heterocycles. The van der Waals surface area contributed by atoms with Crippen LogP contribution in [0.2, 0.25) is 0 Å². The Hall–Kier alpha value is -2.09. The van der Waals surface area contributed by atoms with Gasteiger partial charge in [0.05, 0.1) is 11.0 Å². The van der Waals surface area contributed by atoms with Gasteiger partial charge in [-0.25, -0.2) is 4.98 Å². The molecule has 1 aromatic rings. The third kappa shape index (κ3) is 3.15. The van der Waals surface area contributed by atoms with Crippen molar-refractivity contribution in [2.75, 3.05) is 11.9 Å². The average Bonchev–Trinajstić information content (AvgIpc) is 2.47. The van der Waals surface area contributed by atoms with Crippen LogP contribution in [0.4, 0.5) is 5.82 Å². The Labute approximate surface area is 125 Å². The number of aryl methyl sites for hydroxylation is 1. The monoisotopic (exact) mass is 287 g/mol. The molecule has 0 aliphatic heterocycles. The first-order chi connectivity index (χ1) is 9.98. The Morgan fingerprint density at radius 2 is 2.24 bits per heavy atom. The van der Waals surface area contributed by atoms with E-state index in [1.54, 1.807) is 12.3 Å². The smallest absolute Gasteiger partial charge is 0.311 e. The van der Waals surface area contributed by atoms with E-state index in [9.17, 15) is 15.2 Å². The third-order valence-corrected chi connectivity index (χ3v) is 4.55. The zero-order valence-electron chi connectivity index (χ0n) is 12.5. The van der Waals surface area contributed by atoms with Gasteiger partial charge in [0.25, 0.3) is 0 Å². The molecule has 0 aromatic carbocycles. The minimum Gasteiger partial charge on any atom is -0.481 e. The molecule has 0 saturated heterocycles. The largest absolute Gasteiger partial charge is 0.481 e.